The number of fused-ring (bicyclic) bond motifs is 1. The van der Waals surface area contributed by atoms with Crippen LogP contribution < -0.4 is 5.32 Å². The molecule has 1 saturated heterocycles. The van der Waals surface area contributed by atoms with Gasteiger partial charge in [0.25, 0.3) is 5.91 Å². The Bertz CT molecular complexity index is 1400. The molecule has 3 aromatic rings. The van der Waals surface area contributed by atoms with E-state index in [1.54, 1.807) is 24.7 Å². The minimum Gasteiger partial charge on any atom is -0.368 e. The molecule has 0 saturated carbocycles. The number of H-pyrrole nitrogens is 1. The first-order chi connectivity index (χ1) is 18.4. The average molecular weight is 511 g/mol. The number of nitrogens with zero attached hydrogens (tertiary/aromatic N) is 4. The molecule has 1 aliphatic rings. The monoisotopic (exact) mass is 510 g/mol. The third-order valence-corrected chi connectivity index (χ3v) is 6.25. The van der Waals surface area contributed by atoms with E-state index in [-0.39, 0.29) is 11.7 Å². The van der Waals surface area contributed by atoms with Crippen molar-refractivity contribution in [3.8, 4) is 0 Å². The van der Waals surface area contributed by atoms with Gasteiger partial charge in [0.1, 0.15) is 5.82 Å². The summed E-state index contributed by atoms with van der Waals surface area (Å²) in [6.45, 7) is 16.0. The van der Waals surface area contributed by atoms with Gasteiger partial charge in [0.05, 0.1) is 11.3 Å². The van der Waals surface area contributed by atoms with Crippen molar-refractivity contribution in [3.63, 3.8) is 0 Å². The molecule has 8 heteroatoms. The molecule has 194 valence electrons. The molecule has 1 aliphatic heterocycles. The number of carbonyl (C=O) groups is 1. The third-order valence-electron chi connectivity index (χ3n) is 6.25. The van der Waals surface area contributed by atoms with Crippen LogP contribution in [-0.4, -0.2) is 56.8 Å². The molecule has 2 aromatic heterocycles. The van der Waals surface area contributed by atoms with Gasteiger partial charge in [-0.1, -0.05) is 44.0 Å². The Morgan fingerprint density at radius 2 is 1.76 bits per heavy atom. The number of aromatic nitrogens is 3. The molecule has 0 atom stereocenters. The van der Waals surface area contributed by atoms with Crippen LogP contribution in [0.4, 0.5) is 4.39 Å². The lowest BCUT2D eigenvalue weighted by Crippen LogP contribution is -2.48. The van der Waals surface area contributed by atoms with Crippen LogP contribution in [0.2, 0.25) is 0 Å². The molecule has 1 aromatic carbocycles. The van der Waals surface area contributed by atoms with Crippen molar-refractivity contribution in [3.05, 3.63) is 127 Å². The van der Waals surface area contributed by atoms with Crippen molar-refractivity contribution >= 4 is 22.6 Å². The van der Waals surface area contributed by atoms with E-state index in [0.29, 0.717) is 65.6 Å². The van der Waals surface area contributed by atoms with Crippen LogP contribution in [0.5, 0.6) is 0 Å². The maximum atomic E-state index is 14.0. The Kier molecular flexibility index (Phi) is 8.33. The van der Waals surface area contributed by atoms with Crippen LogP contribution in [-0.2, 0) is 0 Å². The van der Waals surface area contributed by atoms with Gasteiger partial charge in [0, 0.05) is 67.2 Å². The number of hydrogen-bond donors (Lipinski definition) is 2. The zero-order chi connectivity index (χ0) is 27.1. The topological polar surface area (TPSA) is 77.2 Å². The summed E-state index contributed by atoms with van der Waals surface area (Å²) in [6, 6.07) is 13.0. The summed E-state index contributed by atoms with van der Waals surface area (Å²) in [4.78, 5) is 28.6. The number of aromatic amines is 1. The van der Waals surface area contributed by atoms with Crippen LogP contribution >= 0.6 is 0 Å². The lowest BCUT2D eigenvalue weighted by atomic mass is 10.0. The molecule has 0 radical (unpaired) electrons. The van der Waals surface area contributed by atoms with Gasteiger partial charge < -0.3 is 20.1 Å². The SMILES string of the molecule is C=C/C(=C/N/C=C(\C=C(\C)F)C(=C)C(=C)N1CCN(C(=O)c2ccccc2)CC1)c1nc2ncccc2[nH]1. The number of piperazine rings is 1. The minimum atomic E-state index is -0.360. The molecule has 38 heavy (non-hydrogen) atoms. The standard InChI is InChI=1S/C30H31FN6O/c1-5-24(28-34-27-12-9-13-33-29(27)35-28)19-32-20-26(18-21(2)31)22(3)23(4)36-14-16-37(17-15-36)30(38)25-10-7-6-8-11-25/h5-13,18-20,32H,1,3-4,14-17H2,2H3,(H,33,34,35)/b21-18-,24-19-,26-20+. The zero-order valence-electron chi connectivity index (χ0n) is 21.5. The van der Waals surface area contributed by atoms with Gasteiger partial charge in [-0.2, -0.15) is 0 Å². The van der Waals surface area contributed by atoms with Gasteiger partial charge >= 0.3 is 0 Å². The first-order valence-electron chi connectivity index (χ1n) is 12.3. The molecule has 0 bridgehead atoms. The van der Waals surface area contributed by atoms with E-state index >= 15 is 0 Å². The van der Waals surface area contributed by atoms with E-state index in [4.69, 9.17) is 0 Å². The lowest BCUT2D eigenvalue weighted by Gasteiger charge is -2.37. The average Bonchev–Trinajstić information content (AvgIpc) is 3.38. The fraction of sp³-hybridized carbons (Fsp3) is 0.167. The maximum absolute atomic E-state index is 14.0. The van der Waals surface area contributed by atoms with Gasteiger partial charge in [0.15, 0.2) is 5.65 Å². The van der Waals surface area contributed by atoms with Crippen molar-refractivity contribution in [1.82, 2.24) is 30.1 Å². The summed E-state index contributed by atoms with van der Waals surface area (Å²) in [5.74, 6) is 0.265. The molecule has 2 N–H and O–H groups in total. The summed E-state index contributed by atoms with van der Waals surface area (Å²) in [7, 11) is 0. The van der Waals surface area contributed by atoms with Crippen LogP contribution in [0.3, 0.4) is 0 Å². The van der Waals surface area contributed by atoms with Gasteiger partial charge in [-0.3, -0.25) is 4.79 Å². The minimum absolute atomic E-state index is 0.0144. The Morgan fingerprint density at radius 1 is 1.05 bits per heavy atom. The van der Waals surface area contributed by atoms with Crippen molar-refractivity contribution in [2.24, 2.45) is 0 Å². The van der Waals surface area contributed by atoms with E-state index < -0.39 is 0 Å². The summed E-state index contributed by atoms with van der Waals surface area (Å²) in [5, 5.41) is 3.10. The van der Waals surface area contributed by atoms with E-state index in [9.17, 15) is 9.18 Å². The Hall–Kier alpha value is -4.72. The summed E-state index contributed by atoms with van der Waals surface area (Å²) < 4.78 is 14.0. The zero-order valence-corrected chi connectivity index (χ0v) is 21.5. The number of amides is 1. The molecular formula is C30H31FN6O. The Labute approximate surface area is 222 Å². The summed E-state index contributed by atoms with van der Waals surface area (Å²) in [6.07, 6.45) is 8.13. The third kappa shape index (κ3) is 6.15. The van der Waals surface area contributed by atoms with Gasteiger partial charge in [0.2, 0.25) is 0 Å². The number of rotatable bonds is 9. The lowest BCUT2D eigenvalue weighted by molar-refractivity contribution is 0.0672. The van der Waals surface area contributed by atoms with Gasteiger partial charge in [-0.25, -0.2) is 14.4 Å². The predicted molar refractivity (Wildman–Crippen MR) is 150 cm³/mol. The second-order valence-corrected chi connectivity index (χ2v) is 8.83. The molecule has 1 fully saturated rings. The largest absolute Gasteiger partial charge is 0.368 e. The molecular weight excluding hydrogens is 479 g/mol. The maximum Gasteiger partial charge on any atom is 0.253 e. The van der Waals surface area contributed by atoms with Crippen molar-refractivity contribution in [2.75, 3.05) is 26.2 Å². The highest BCUT2D eigenvalue weighted by Crippen LogP contribution is 2.24. The fourth-order valence-corrected chi connectivity index (χ4v) is 4.16. The molecule has 0 unspecified atom stereocenters. The Morgan fingerprint density at radius 3 is 2.42 bits per heavy atom. The fourth-order valence-electron chi connectivity index (χ4n) is 4.16. The Balaban J connectivity index is 1.43. The molecule has 0 spiro atoms. The number of carbonyl (C=O) groups excluding carboxylic acids is 1. The normalized spacial score (nSPS) is 14.9. The van der Waals surface area contributed by atoms with Crippen molar-refractivity contribution in [2.45, 2.75) is 6.92 Å². The van der Waals surface area contributed by atoms with E-state index in [1.165, 1.54) is 13.0 Å². The molecule has 0 aliphatic carbocycles. The molecule has 4 rings (SSSR count). The number of halogens is 1. The van der Waals surface area contributed by atoms with Crippen LogP contribution in [0.15, 0.2) is 116 Å². The predicted octanol–water partition coefficient (Wildman–Crippen LogP) is 5.36. The van der Waals surface area contributed by atoms with E-state index in [0.717, 1.165) is 5.52 Å². The highest BCUT2D eigenvalue weighted by Gasteiger charge is 2.24. The molecule has 7 nitrogen and oxygen atoms in total. The number of benzene rings is 1. The molecule has 3 heterocycles. The number of hydrogen-bond acceptors (Lipinski definition) is 5. The van der Waals surface area contributed by atoms with E-state index in [2.05, 4.69) is 44.9 Å². The number of allylic oxidation sites excluding steroid dienone is 5. The van der Waals surface area contributed by atoms with Crippen molar-refractivity contribution in [1.29, 1.82) is 0 Å². The van der Waals surface area contributed by atoms with Gasteiger partial charge in [-0.15, -0.1) is 0 Å². The van der Waals surface area contributed by atoms with Crippen molar-refractivity contribution < 1.29 is 9.18 Å². The number of pyridine rings is 1. The summed E-state index contributed by atoms with van der Waals surface area (Å²) in [5.41, 5.74) is 4.62. The highest BCUT2D eigenvalue weighted by molar-refractivity contribution is 5.94. The first-order valence-corrected chi connectivity index (χ1v) is 12.3. The first kappa shape index (κ1) is 26.3. The smallest absolute Gasteiger partial charge is 0.253 e. The quantitative estimate of drug-likeness (QED) is 0.379. The van der Waals surface area contributed by atoms with Crippen LogP contribution in [0.1, 0.15) is 23.1 Å². The highest BCUT2D eigenvalue weighted by atomic mass is 19.1. The van der Waals surface area contributed by atoms with Crippen LogP contribution in [0.25, 0.3) is 16.7 Å². The van der Waals surface area contributed by atoms with Gasteiger partial charge in [-0.05, 0) is 42.8 Å². The second kappa shape index (κ2) is 12.0. The van der Waals surface area contributed by atoms with E-state index in [1.807, 2.05) is 47.4 Å². The second-order valence-electron chi connectivity index (χ2n) is 8.83. The number of imidazole rings is 1. The molecule has 1 amide bonds. The van der Waals surface area contributed by atoms with Crippen LogP contribution in [0, 0.1) is 0 Å². The summed E-state index contributed by atoms with van der Waals surface area (Å²) >= 11 is 0. The number of nitrogens with one attached hydrogen (secondary N) is 2.